The second-order valence-corrected chi connectivity index (χ2v) is 5.30. The Labute approximate surface area is 129 Å². The number of benzene rings is 1. The summed E-state index contributed by atoms with van der Waals surface area (Å²) in [7, 11) is 4.21. The third-order valence-electron chi connectivity index (χ3n) is 3.16. The molecule has 0 saturated heterocycles. The van der Waals surface area contributed by atoms with E-state index in [9.17, 15) is 0 Å². The number of nitrogens with zero attached hydrogens (tertiary/aromatic N) is 1. The van der Waals surface area contributed by atoms with Gasteiger partial charge in [0, 0.05) is 0 Å². The van der Waals surface area contributed by atoms with E-state index in [4.69, 9.17) is 9.47 Å². The van der Waals surface area contributed by atoms with Gasteiger partial charge in [-0.1, -0.05) is 6.07 Å². The summed E-state index contributed by atoms with van der Waals surface area (Å²) in [5, 5.41) is 3.48. The molecule has 0 aliphatic carbocycles. The van der Waals surface area contributed by atoms with Crippen LogP contribution in [0.1, 0.15) is 25.8 Å². The van der Waals surface area contributed by atoms with E-state index in [1.165, 1.54) is 12.0 Å². The van der Waals surface area contributed by atoms with Crippen LogP contribution in [0.25, 0.3) is 0 Å². The van der Waals surface area contributed by atoms with Gasteiger partial charge in [0.1, 0.15) is 0 Å². The third kappa shape index (κ3) is 7.34. The van der Waals surface area contributed by atoms with Crippen molar-refractivity contribution >= 4 is 0 Å². The molecule has 4 nitrogen and oxygen atoms in total. The lowest BCUT2D eigenvalue weighted by Gasteiger charge is -2.13. The third-order valence-corrected chi connectivity index (χ3v) is 3.16. The highest BCUT2D eigenvalue weighted by Crippen LogP contribution is 2.28. The first-order valence-electron chi connectivity index (χ1n) is 7.91. The lowest BCUT2D eigenvalue weighted by Crippen LogP contribution is -2.23. The molecule has 0 bridgehead atoms. The van der Waals surface area contributed by atoms with Crippen LogP contribution in [-0.2, 0) is 6.42 Å². The molecule has 1 aromatic rings. The number of rotatable bonds is 11. The van der Waals surface area contributed by atoms with Crippen molar-refractivity contribution < 1.29 is 9.47 Å². The molecule has 1 N–H and O–H groups in total. The highest BCUT2D eigenvalue weighted by molar-refractivity contribution is 5.43. The minimum Gasteiger partial charge on any atom is -0.490 e. The lowest BCUT2D eigenvalue weighted by molar-refractivity contribution is 0.287. The predicted octanol–water partition coefficient (Wildman–Crippen LogP) is 2.57. The zero-order chi connectivity index (χ0) is 15.5. The Morgan fingerprint density at radius 2 is 1.71 bits per heavy atom. The maximum atomic E-state index is 5.65. The topological polar surface area (TPSA) is 33.7 Å². The van der Waals surface area contributed by atoms with Crippen molar-refractivity contribution in [1.29, 1.82) is 0 Å². The molecule has 0 radical (unpaired) electrons. The lowest BCUT2D eigenvalue weighted by atomic mass is 10.1. The fraction of sp³-hybridized carbons (Fsp3) is 0.647. The summed E-state index contributed by atoms with van der Waals surface area (Å²) in [5.74, 6) is 1.69. The van der Waals surface area contributed by atoms with Crippen LogP contribution < -0.4 is 14.8 Å². The van der Waals surface area contributed by atoms with Crippen LogP contribution in [0, 0.1) is 0 Å². The monoisotopic (exact) mass is 294 g/mol. The molecule has 0 aromatic heterocycles. The molecule has 1 rings (SSSR count). The molecule has 0 aliphatic rings. The summed E-state index contributed by atoms with van der Waals surface area (Å²) in [6.07, 6.45) is 2.19. The van der Waals surface area contributed by atoms with Crippen molar-refractivity contribution in [2.45, 2.75) is 26.7 Å². The van der Waals surface area contributed by atoms with Crippen molar-refractivity contribution in [3.05, 3.63) is 23.8 Å². The van der Waals surface area contributed by atoms with Gasteiger partial charge >= 0.3 is 0 Å². The SMILES string of the molecule is CCOc1ccc(CCNCCCN(C)C)cc1OCC. The van der Waals surface area contributed by atoms with E-state index >= 15 is 0 Å². The number of ether oxygens (including phenoxy) is 2. The van der Waals surface area contributed by atoms with E-state index in [0.717, 1.165) is 37.6 Å². The Balaban J connectivity index is 2.39. The van der Waals surface area contributed by atoms with Gasteiger partial charge in [0.25, 0.3) is 0 Å². The summed E-state index contributed by atoms with van der Waals surface area (Å²) >= 11 is 0. The average Bonchev–Trinajstić information content (AvgIpc) is 2.45. The van der Waals surface area contributed by atoms with Crippen LogP contribution in [0.3, 0.4) is 0 Å². The Morgan fingerprint density at radius 1 is 1.00 bits per heavy atom. The standard InChI is InChI=1S/C17H30N2O2/c1-5-20-16-9-8-15(14-17(16)21-6-2)10-12-18-11-7-13-19(3)4/h8-9,14,18H,5-7,10-13H2,1-4H3. The molecule has 0 spiro atoms. The molecule has 0 unspecified atom stereocenters. The second kappa shape index (κ2) is 10.5. The van der Waals surface area contributed by atoms with Crippen molar-refractivity contribution in [2.75, 3.05) is 46.9 Å². The summed E-state index contributed by atoms with van der Waals surface area (Å²) in [5.41, 5.74) is 1.28. The molecule has 0 heterocycles. The molecule has 0 fully saturated rings. The van der Waals surface area contributed by atoms with E-state index in [2.05, 4.69) is 36.4 Å². The van der Waals surface area contributed by atoms with Crippen LogP contribution >= 0.6 is 0 Å². The van der Waals surface area contributed by atoms with Gasteiger partial charge in [-0.2, -0.15) is 0 Å². The maximum Gasteiger partial charge on any atom is 0.161 e. The van der Waals surface area contributed by atoms with E-state index in [1.54, 1.807) is 0 Å². The maximum absolute atomic E-state index is 5.65. The second-order valence-electron chi connectivity index (χ2n) is 5.30. The van der Waals surface area contributed by atoms with Gasteiger partial charge in [-0.05, 0) is 78.1 Å². The van der Waals surface area contributed by atoms with Gasteiger partial charge in [0.15, 0.2) is 11.5 Å². The Kier molecular flexibility index (Phi) is 8.87. The van der Waals surface area contributed by atoms with E-state index in [0.29, 0.717) is 13.2 Å². The average molecular weight is 294 g/mol. The first-order chi connectivity index (χ1) is 10.2. The quantitative estimate of drug-likeness (QED) is 0.636. The fourth-order valence-electron chi connectivity index (χ4n) is 2.13. The fourth-order valence-corrected chi connectivity index (χ4v) is 2.13. The Morgan fingerprint density at radius 3 is 2.38 bits per heavy atom. The summed E-state index contributed by atoms with van der Waals surface area (Å²) in [4.78, 5) is 2.21. The zero-order valence-corrected chi connectivity index (χ0v) is 13.9. The van der Waals surface area contributed by atoms with Gasteiger partial charge in [-0.3, -0.25) is 0 Å². The highest BCUT2D eigenvalue weighted by atomic mass is 16.5. The smallest absolute Gasteiger partial charge is 0.161 e. The van der Waals surface area contributed by atoms with Crippen LogP contribution in [0.2, 0.25) is 0 Å². The van der Waals surface area contributed by atoms with Crippen LogP contribution in [0.15, 0.2) is 18.2 Å². The van der Waals surface area contributed by atoms with Crippen LogP contribution in [0.4, 0.5) is 0 Å². The van der Waals surface area contributed by atoms with Crippen molar-refractivity contribution in [2.24, 2.45) is 0 Å². The van der Waals surface area contributed by atoms with Gasteiger partial charge in [-0.25, -0.2) is 0 Å². The minimum absolute atomic E-state index is 0.659. The van der Waals surface area contributed by atoms with Crippen molar-refractivity contribution in [3.8, 4) is 11.5 Å². The molecule has 21 heavy (non-hydrogen) atoms. The molecule has 120 valence electrons. The van der Waals surface area contributed by atoms with Gasteiger partial charge in [0.05, 0.1) is 13.2 Å². The molecule has 4 heteroatoms. The minimum atomic E-state index is 0.659. The van der Waals surface area contributed by atoms with Crippen molar-refractivity contribution in [1.82, 2.24) is 10.2 Å². The molecule has 0 saturated carbocycles. The molecular weight excluding hydrogens is 264 g/mol. The number of hydrogen-bond acceptors (Lipinski definition) is 4. The number of nitrogens with one attached hydrogen (secondary N) is 1. The molecule has 1 aromatic carbocycles. The molecule has 0 aliphatic heterocycles. The van der Waals surface area contributed by atoms with E-state index in [-0.39, 0.29) is 0 Å². The molecular formula is C17H30N2O2. The Bertz CT molecular complexity index is 394. The van der Waals surface area contributed by atoms with Gasteiger partial charge in [-0.15, -0.1) is 0 Å². The zero-order valence-electron chi connectivity index (χ0n) is 13.9. The van der Waals surface area contributed by atoms with Crippen LogP contribution in [0.5, 0.6) is 11.5 Å². The highest BCUT2D eigenvalue weighted by Gasteiger charge is 2.05. The number of hydrogen-bond donors (Lipinski definition) is 1. The van der Waals surface area contributed by atoms with Crippen molar-refractivity contribution in [3.63, 3.8) is 0 Å². The largest absolute Gasteiger partial charge is 0.490 e. The normalized spacial score (nSPS) is 10.9. The summed E-state index contributed by atoms with van der Waals surface area (Å²) in [6.45, 7) is 8.49. The predicted molar refractivity (Wildman–Crippen MR) is 88.5 cm³/mol. The molecule has 0 amide bonds. The summed E-state index contributed by atoms with van der Waals surface area (Å²) in [6, 6.07) is 6.22. The molecule has 0 atom stereocenters. The Hall–Kier alpha value is -1.26. The van der Waals surface area contributed by atoms with Crippen LogP contribution in [-0.4, -0.2) is 51.8 Å². The van der Waals surface area contributed by atoms with E-state index < -0.39 is 0 Å². The first-order valence-corrected chi connectivity index (χ1v) is 7.91. The summed E-state index contributed by atoms with van der Waals surface area (Å²) < 4.78 is 11.2. The van der Waals surface area contributed by atoms with E-state index in [1.807, 2.05) is 19.9 Å². The van der Waals surface area contributed by atoms with Gasteiger partial charge < -0.3 is 19.7 Å². The first kappa shape index (κ1) is 17.8. The van der Waals surface area contributed by atoms with Gasteiger partial charge in [0.2, 0.25) is 0 Å².